The third-order valence-electron chi connectivity index (χ3n) is 14.2. The maximum atomic E-state index is 13.9. The highest BCUT2D eigenvalue weighted by Gasteiger charge is 2.51. The highest BCUT2D eigenvalue weighted by Crippen LogP contribution is 2.51. The molecule has 4 aliphatic heterocycles. The van der Waals surface area contributed by atoms with Gasteiger partial charge < -0.3 is 30.8 Å². The topological polar surface area (TPSA) is 137 Å². The van der Waals surface area contributed by atoms with Crippen molar-refractivity contribution in [1.29, 1.82) is 0 Å². The van der Waals surface area contributed by atoms with Crippen LogP contribution in [0.25, 0.3) is 21.8 Å². The van der Waals surface area contributed by atoms with E-state index in [1.807, 2.05) is 0 Å². The molecule has 268 valence electrons. The number of H-pyrrole nitrogens is 2. The van der Waals surface area contributed by atoms with Crippen LogP contribution in [0.3, 0.4) is 0 Å². The summed E-state index contributed by atoms with van der Waals surface area (Å²) >= 11 is 0. The number of nitrogens with one attached hydrogen (secondary N) is 4. The number of piperidine rings is 2. The Bertz CT molecular complexity index is 1850. The minimum absolute atomic E-state index is 0.00230. The van der Waals surface area contributed by atoms with Gasteiger partial charge in [-0.15, -0.1) is 0 Å². The van der Waals surface area contributed by atoms with Gasteiger partial charge in [0.15, 0.2) is 0 Å². The number of hydrogen-bond donors (Lipinski definition) is 6. The number of fused-ring (bicyclic) bond motifs is 12. The number of aliphatic hydroxyl groups excluding tert-OH is 2. The van der Waals surface area contributed by atoms with Gasteiger partial charge in [-0.3, -0.25) is 19.4 Å². The number of rotatable bonds is 4. The van der Waals surface area contributed by atoms with Crippen molar-refractivity contribution in [2.24, 2.45) is 35.5 Å². The molecular weight excluding hydrogens is 640 g/mol. The number of nitrogens with zero attached hydrogens (tertiary/aromatic N) is 2. The third kappa shape index (κ3) is 5.19. The van der Waals surface area contributed by atoms with Crippen LogP contribution in [0.5, 0.6) is 0 Å². The molecule has 6 aliphatic rings. The van der Waals surface area contributed by atoms with Crippen LogP contribution in [-0.4, -0.2) is 86.9 Å². The predicted octanol–water partition coefficient (Wildman–Crippen LogP) is 4.15. The number of benzene rings is 2. The van der Waals surface area contributed by atoms with Crippen molar-refractivity contribution in [2.45, 2.75) is 75.7 Å². The molecule has 10 atom stereocenters. The molecule has 51 heavy (non-hydrogen) atoms. The van der Waals surface area contributed by atoms with E-state index in [-0.39, 0.29) is 42.4 Å². The number of hydrogen-bond acceptors (Lipinski definition) is 6. The van der Waals surface area contributed by atoms with Crippen LogP contribution in [0.15, 0.2) is 48.5 Å². The number of para-hydroxylation sites is 2. The molecule has 2 saturated carbocycles. The van der Waals surface area contributed by atoms with Crippen LogP contribution in [0.2, 0.25) is 0 Å². The first-order valence-electron chi connectivity index (χ1n) is 19.5. The van der Waals surface area contributed by atoms with E-state index >= 15 is 0 Å². The van der Waals surface area contributed by atoms with Crippen LogP contribution >= 0.6 is 0 Å². The van der Waals surface area contributed by atoms with Gasteiger partial charge in [-0.1, -0.05) is 36.4 Å². The summed E-state index contributed by atoms with van der Waals surface area (Å²) in [6, 6.07) is 17.4. The number of amides is 2. The lowest BCUT2D eigenvalue weighted by molar-refractivity contribution is -0.141. The number of carbonyl (C=O) groups is 2. The van der Waals surface area contributed by atoms with Crippen molar-refractivity contribution in [2.75, 3.05) is 32.8 Å². The van der Waals surface area contributed by atoms with Gasteiger partial charge in [0.2, 0.25) is 11.8 Å². The van der Waals surface area contributed by atoms with E-state index in [0.717, 1.165) is 64.7 Å². The van der Waals surface area contributed by atoms with Crippen LogP contribution in [-0.2, 0) is 22.4 Å². The molecule has 6 N–H and O–H groups in total. The number of aromatic amines is 2. The van der Waals surface area contributed by atoms with Crippen molar-refractivity contribution in [3.63, 3.8) is 0 Å². The molecule has 10 nitrogen and oxygen atoms in total. The Morgan fingerprint density at radius 2 is 1.12 bits per heavy atom. The molecule has 2 amide bonds. The SMILES string of the molecule is O=C(NCNC(=O)[C@@H]1[C@H]2C[C@H]3c4[nH]c5ccccc5c4CCN3C[C@@H]2CC[C@@H]1O)C1[C@H](O)CC[C@H]2CN3CCc4c([nH]c5ccccc45)[C@H]3C[C@H]12. The molecule has 2 saturated heterocycles. The molecular formula is C41H50N6O4. The number of carbonyl (C=O) groups excluding carboxylic acids is 2. The van der Waals surface area contributed by atoms with Crippen molar-refractivity contribution >= 4 is 33.6 Å². The highest BCUT2D eigenvalue weighted by atomic mass is 16.3. The minimum Gasteiger partial charge on any atom is -0.392 e. The maximum Gasteiger partial charge on any atom is 0.227 e. The van der Waals surface area contributed by atoms with Crippen LogP contribution < -0.4 is 10.6 Å². The summed E-state index contributed by atoms with van der Waals surface area (Å²) in [5.74, 6) is -0.521. The van der Waals surface area contributed by atoms with E-state index in [0.29, 0.717) is 24.7 Å². The molecule has 0 radical (unpaired) electrons. The Labute approximate surface area is 298 Å². The van der Waals surface area contributed by atoms with E-state index < -0.39 is 24.0 Å². The Morgan fingerprint density at radius 1 is 0.667 bits per heavy atom. The van der Waals surface area contributed by atoms with Gasteiger partial charge in [0.25, 0.3) is 0 Å². The smallest absolute Gasteiger partial charge is 0.227 e. The zero-order valence-corrected chi connectivity index (χ0v) is 29.2. The average Bonchev–Trinajstić information content (AvgIpc) is 3.72. The standard InChI is InChI=1S/C41H50N6O4/c48-34-11-9-22-19-46-15-13-26-24-5-1-3-7-30(24)44-38(26)32(46)17-28(22)36(34)40(50)42-21-43-41(51)37-29-18-33-39-27(25-6-2-4-8-31(25)45-39)14-16-47(33)20-23(29)10-12-35(37)49/h1-8,22-23,28-29,32-37,44-45,48-49H,9-21H2,(H,42,50)(H,43,51)/t22-,23-,28-,29-,32-,33+,34-,35+,36+,37?/m0/s1. The zero-order valence-electron chi connectivity index (χ0n) is 29.2. The van der Waals surface area contributed by atoms with Crippen molar-refractivity contribution in [3.05, 3.63) is 71.0 Å². The van der Waals surface area contributed by atoms with Crippen LogP contribution in [0.1, 0.15) is 73.1 Å². The Morgan fingerprint density at radius 3 is 1.59 bits per heavy atom. The molecule has 1 unspecified atom stereocenters. The predicted molar refractivity (Wildman–Crippen MR) is 194 cm³/mol. The van der Waals surface area contributed by atoms with E-state index in [2.05, 4.69) is 78.9 Å². The molecule has 0 spiro atoms. The summed E-state index contributed by atoms with van der Waals surface area (Å²) in [4.78, 5) is 40.4. The first-order chi connectivity index (χ1) is 24.9. The number of aromatic nitrogens is 2. The quantitative estimate of drug-likeness (QED) is 0.178. The molecule has 0 bridgehead atoms. The molecule has 2 aromatic carbocycles. The second kappa shape index (κ2) is 12.5. The average molecular weight is 691 g/mol. The monoisotopic (exact) mass is 690 g/mol. The van der Waals surface area contributed by atoms with Gasteiger partial charge in [-0.05, 0) is 98.3 Å². The van der Waals surface area contributed by atoms with Gasteiger partial charge in [-0.25, -0.2) is 0 Å². The fourth-order valence-corrected chi connectivity index (χ4v) is 11.9. The van der Waals surface area contributed by atoms with Gasteiger partial charge >= 0.3 is 0 Å². The van der Waals surface area contributed by atoms with Crippen molar-refractivity contribution < 1.29 is 19.8 Å². The zero-order chi connectivity index (χ0) is 34.4. The summed E-state index contributed by atoms with van der Waals surface area (Å²) in [5, 5.41) is 31.1. The largest absolute Gasteiger partial charge is 0.392 e. The first-order valence-corrected chi connectivity index (χ1v) is 19.5. The molecule has 10 rings (SSSR count). The second-order valence-corrected chi connectivity index (χ2v) is 16.6. The molecule has 6 heterocycles. The lowest BCUT2D eigenvalue weighted by Gasteiger charge is -2.51. The van der Waals surface area contributed by atoms with Gasteiger partial charge in [0.05, 0.1) is 42.8 Å². The lowest BCUT2D eigenvalue weighted by Crippen LogP contribution is -2.57. The summed E-state index contributed by atoms with van der Waals surface area (Å²) < 4.78 is 0. The Hall–Kier alpha value is -3.70. The summed E-state index contributed by atoms with van der Waals surface area (Å²) in [6.07, 6.45) is 5.42. The fourth-order valence-electron chi connectivity index (χ4n) is 11.9. The first kappa shape index (κ1) is 32.0. The van der Waals surface area contributed by atoms with E-state index in [1.165, 1.54) is 44.3 Å². The molecule has 4 aromatic rings. The highest BCUT2D eigenvalue weighted by molar-refractivity contribution is 5.86. The minimum atomic E-state index is -0.699. The summed E-state index contributed by atoms with van der Waals surface area (Å²) in [6.45, 7) is 3.92. The Kier molecular flexibility index (Phi) is 7.82. The van der Waals surface area contributed by atoms with Crippen LogP contribution in [0, 0.1) is 35.5 Å². The van der Waals surface area contributed by atoms with Crippen LogP contribution in [0.4, 0.5) is 0 Å². The normalized spacial score (nSPS) is 34.8. The van der Waals surface area contributed by atoms with E-state index in [9.17, 15) is 19.8 Å². The third-order valence-corrected chi connectivity index (χ3v) is 14.2. The van der Waals surface area contributed by atoms with Gasteiger partial charge in [0, 0.05) is 59.4 Å². The molecule has 4 fully saturated rings. The summed E-state index contributed by atoms with van der Waals surface area (Å²) in [7, 11) is 0. The molecule has 2 aliphatic carbocycles. The van der Waals surface area contributed by atoms with Crippen molar-refractivity contribution in [1.82, 2.24) is 30.4 Å². The maximum absolute atomic E-state index is 13.9. The van der Waals surface area contributed by atoms with Crippen molar-refractivity contribution in [3.8, 4) is 0 Å². The lowest BCUT2D eigenvalue weighted by atomic mass is 9.64. The van der Waals surface area contributed by atoms with E-state index in [1.54, 1.807) is 0 Å². The second-order valence-electron chi connectivity index (χ2n) is 16.6. The van der Waals surface area contributed by atoms with E-state index in [4.69, 9.17) is 0 Å². The summed E-state index contributed by atoms with van der Waals surface area (Å²) in [5.41, 5.74) is 7.68. The van der Waals surface area contributed by atoms with Gasteiger partial charge in [0.1, 0.15) is 0 Å². The fraction of sp³-hybridized carbons (Fsp3) is 0.561. The molecule has 2 aromatic heterocycles. The van der Waals surface area contributed by atoms with Gasteiger partial charge in [-0.2, -0.15) is 0 Å². The Balaban J connectivity index is 0.823. The molecule has 10 heteroatoms. The number of aliphatic hydroxyl groups is 2.